The largest absolute Gasteiger partial charge is 0.396 e. The molecule has 3 rings (SSSR count). The molecule has 0 bridgehead atoms. The summed E-state index contributed by atoms with van der Waals surface area (Å²) in [6.45, 7) is 5.00. The number of carbonyl (C=O) groups excluding carboxylic acids is 2. The highest BCUT2D eigenvalue weighted by molar-refractivity contribution is 5.89. The molecule has 2 unspecified atom stereocenters. The lowest BCUT2D eigenvalue weighted by Gasteiger charge is -2.37. The molecule has 0 spiro atoms. The van der Waals surface area contributed by atoms with Crippen molar-refractivity contribution in [2.24, 2.45) is 11.3 Å². The summed E-state index contributed by atoms with van der Waals surface area (Å²) in [5.74, 6) is -0.154. The van der Waals surface area contributed by atoms with Gasteiger partial charge in [-0.15, -0.1) is 0 Å². The molecular formula is C20H28N2O3. The summed E-state index contributed by atoms with van der Waals surface area (Å²) in [5, 5.41) is 12.4. The van der Waals surface area contributed by atoms with Crippen molar-refractivity contribution in [1.82, 2.24) is 10.2 Å². The number of amides is 2. The molecule has 2 amide bonds. The Kier molecular flexibility index (Phi) is 5.13. The van der Waals surface area contributed by atoms with Crippen LogP contribution in [-0.4, -0.2) is 41.0 Å². The Bertz CT molecular complexity index is 654. The van der Waals surface area contributed by atoms with Crippen molar-refractivity contribution in [3.05, 3.63) is 35.4 Å². The number of aliphatic hydroxyl groups excluding tert-OH is 1. The third-order valence-electron chi connectivity index (χ3n) is 5.80. The lowest BCUT2D eigenvalue weighted by Crippen LogP contribution is -2.54. The first-order chi connectivity index (χ1) is 12.0. The first kappa shape index (κ1) is 17.9. The molecule has 1 aliphatic carbocycles. The van der Waals surface area contributed by atoms with Crippen molar-refractivity contribution in [3.8, 4) is 0 Å². The molecule has 1 aromatic rings. The average molecular weight is 344 g/mol. The normalized spacial score (nSPS) is 22.0. The van der Waals surface area contributed by atoms with Gasteiger partial charge in [0.25, 0.3) is 0 Å². The van der Waals surface area contributed by atoms with E-state index in [4.69, 9.17) is 0 Å². The Morgan fingerprint density at radius 1 is 1.32 bits per heavy atom. The molecule has 0 saturated heterocycles. The van der Waals surface area contributed by atoms with Gasteiger partial charge in [-0.05, 0) is 30.4 Å². The van der Waals surface area contributed by atoms with Crippen LogP contribution in [0.1, 0.15) is 44.2 Å². The number of hydrogen-bond donors (Lipinski definition) is 2. The van der Waals surface area contributed by atoms with Gasteiger partial charge in [0.15, 0.2) is 0 Å². The van der Waals surface area contributed by atoms with Crippen molar-refractivity contribution in [1.29, 1.82) is 0 Å². The third-order valence-corrected chi connectivity index (χ3v) is 5.80. The van der Waals surface area contributed by atoms with Crippen LogP contribution in [0.5, 0.6) is 0 Å². The van der Waals surface area contributed by atoms with Crippen molar-refractivity contribution in [2.75, 3.05) is 13.2 Å². The van der Waals surface area contributed by atoms with Gasteiger partial charge in [-0.3, -0.25) is 9.59 Å². The highest BCUT2D eigenvalue weighted by Crippen LogP contribution is 2.44. The van der Waals surface area contributed by atoms with Gasteiger partial charge < -0.3 is 15.3 Å². The number of nitrogens with zero attached hydrogens (tertiary/aromatic N) is 1. The van der Waals surface area contributed by atoms with E-state index in [1.807, 2.05) is 38.1 Å². The van der Waals surface area contributed by atoms with Gasteiger partial charge in [0.2, 0.25) is 11.8 Å². The van der Waals surface area contributed by atoms with Crippen molar-refractivity contribution < 1.29 is 14.7 Å². The van der Waals surface area contributed by atoms with E-state index in [1.54, 1.807) is 4.90 Å². The molecule has 1 saturated carbocycles. The molecule has 5 nitrogen and oxygen atoms in total. The second-order valence-corrected chi connectivity index (χ2v) is 7.64. The van der Waals surface area contributed by atoms with Gasteiger partial charge in [0.1, 0.15) is 6.04 Å². The molecule has 2 aliphatic rings. The number of aliphatic hydroxyl groups is 1. The minimum atomic E-state index is -0.467. The summed E-state index contributed by atoms with van der Waals surface area (Å²) in [5.41, 5.74) is 2.13. The summed E-state index contributed by atoms with van der Waals surface area (Å²) < 4.78 is 0. The lowest BCUT2D eigenvalue weighted by atomic mass is 9.92. The maximum atomic E-state index is 12.8. The van der Waals surface area contributed by atoms with Crippen molar-refractivity contribution in [2.45, 2.75) is 52.1 Å². The highest BCUT2D eigenvalue weighted by Gasteiger charge is 2.43. The maximum Gasteiger partial charge on any atom is 0.243 e. The van der Waals surface area contributed by atoms with Gasteiger partial charge in [0.05, 0.1) is 6.61 Å². The van der Waals surface area contributed by atoms with Gasteiger partial charge in [-0.25, -0.2) is 0 Å². The van der Waals surface area contributed by atoms with Crippen LogP contribution in [0.25, 0.3) is 0 Å². The molecule has 2 N–H and O–H groups in total. The molecule has 1 aromatic carbocycles. The standard InChI is InChI=1S/C20H28N2O3/c1-3-14(2)19(25)22-11-16-7-5-4-6-15(16)10-17(22)18(24)21-12-20(13-23)8-9-20/h4-7,14,17,23H,3,8-13H2,1-2H3,(H,21,24). The van der Waals surface area contributed by atoms with Gasteiger partial charge in [-0.1, -0.05) is 38.1 Å². The van der Waals surface area contributed by atoms with E-state index in [2.05, 4.69) is 5.32 Å². The predicted octanol–water partition coefficient (Wildman–Crippen LogP) is 1.87. The zero-order valence-electron chi connectivity index (χ0n) is 15.1. The Morgan fingerprint density at radius 3 is 2.60 bits per heavy atom. The van der Waals surface area contributed by atoms with Crippen LogP contribution in [0.2, 0.25) is 0 Å². The molecule has 136 valence electrons. The van der Waals surface area contributed by atoms with E-state index in [9.17, 15) is 14.7 Å². The van der Waals surface area contributed by atoms with E-state index in [0.29, 0.717) is 19.5 Å². The van der Waals surface area contributed by atoms with E-state index in [0.717, 1.165) is 30.4 Å². The fraction of sp³-hybridized carbons (Fsp3) is 0.600. The first-order valence-corrected chi connectivity index (χ1v) is 9.25. The van der Waals surface area contributed by atoms with Gasteiger partial charge in [0, 0.05) is 30.8 Å². The molecule has 1 fully saturated rings. The average Bonchev–Trinajstić information content (AvgIpc) is 3.44. The van der Waals surface area contributed by atoms with Crippen molar-refractivity contribution >= 4 is 11.8 Å². The van der Waals surface area contributed by atoms with Gasteiger partial charge >= 0.3 is 0 Å². The Labute approximate surface area is 149 Å². The first-order valence-electron chi connectivity index (χ1n) is 9.25. The van der Waals surface area contributed by atoms with Crippen LogP contribution in [-0.2, 0) is 22.6 Å². The zero-order valence-corrected chi connectivity index (χ0v) is 15.1. The fourth-order valence-corrected chi connectivity index (χ4v) is 3.41. The lowest BCUT2D eigenvalue weighted by molar-refractivity contribution is -0.144. The number of carbonyl (C=O) groups is 2. The highest BCUT2D eigenvalue weighted by atomic mass is 16.3. The quantitative estimate of drug-likeness (QED) is 0.828. The topological polar surface area (TPSA) is 69.6 Å². The minimum absolute atomic E-state index is 0.0421. The molecular weight excluding hydrogens is 316 g/mol. The second-order valence-electron chi connectivity index (χ2n) is 7.64. The predicted molar refractivity (Wildman–Crippen MR) is 95.7 cm³/mol. The summed E-state index contributed by atoms with van der Waals surface area (Å²) >= 11 is 0. The van der Waals surface area contributed by atoms with Crippen molar-refractivity contribution in [3.63, 3.8) is 0 Å². The summed E-state index contributed by atoms with van der Waals surface area (Å²) in [6, 6.07) is 7.56. The third kappa shape index (κ3) is 3.71. The van der Waals surface area contributed by atoms with Crippen LogP contribution in [0.4, 0.5) is 0 Å². The number of nitrogens with one attached hydrogen (secondary N) is 1. The molecule has 1 heterocycles. The monoisotopic (exact) mass is 344 g/mol. The molecule has 5 heteroatoms. The molecule has 25 heavy (non-hydrogen) atoms. The minimum Gasteiger partial charge on any atom is -0.396 e. The molecule has 1 aliphatic heterocycles. The number of hydrogen-bond acceptors (Lipinski definition) is 3. The van der Waals surface area contributed by atoms with Crippen LogP contribution < -0.4 is 5.32 Å². The SMILES string of the molecule is CCC(C)C(=O)N1Cc2ccccc2CC1C(=O)NCC1(CO)CC1. The molecule has 0 aromatic heterocycles. The smallest absolute Gasteiger partial charge is 0.243 e. The number of benzene rings is 1. The maximum absolute atomic E-state index is 12.8. The summed E-state index contributed by atoms with van der Waals surface area (Å²) in [4.78, 5) is 27.4. The Hall–Kier alpha value is -1.88. The summed E-state index contributed by atoms with van der Waals surface area (Å²) in [7, 11) is 0. The van der Waals surface area contributed by atoms with E-state index < -0.39 is 6.04 Å². The molecule has 0 radical (unpaired) electrons. The van der Waals surface area contributed by atoms with E-state index in [-0.39, 0.29) is 29.8 Å². The second kappa shape index (κ2) is 7.16. The van der Waals surface area contributed by atoms with Crippen LogP contribution in [0.3, 0.4) is 0 Å². The van der Waals surface area contributed by atoms with Gasteiger partial charge in [-0.2, -0.15) is 0 Å². The zero-order chi connectivity index (χ0) is 18.0. The van der Waals surface area contributed by atoms with Crippen LogP contribution in [0.15, 0.2) is 24.3 Å². The molecule has 2 atom stereocenters. The number of rotatable bonds is 6. The number of fused-ring (bicyclic) bond motifs is 1. The Morgan fingerprint density at radius 2 is 2.00 bits per heavy atom. The summed E-state index contributed by atoms with van der Waals surface area (Å²) in [6.07, 6.45) is 3.22. The van der Waals surface area contributed by atoms with Crippen LogP contribution >= 0.6 is 0 Å². The van der Waals surface area contributed by atoms with E-state index >= 15 is 0 Å². The Balaban J connectivity index is 1.77. The van der Waals surface area contributed by atoms with E-state index in [1.165, 1.54) is 0 Å². The van der Waals surface area contributed by atoms with Crippen LogP contribution in [0, 0.1) is 11.3 Å². The fourth-order valence-electron chi connectivity index (χ4n) is 3.41.